The molecule has 0 aliphatic rings. The van der Waals surface area contributed by atoms with Crippen LogP contribution in [0.25, 0.3) is 0 Å². The van der Waals surface area contributed by atoms with E-state index in [1.165, 1.54) is 6.92 Å². The zero-order valence-corrected chi connectivity index (χ0v) is 14.1. The van der Waals surface area contributed by atoms with Gasteiger partial charge in [0.2, 0.25) is 11.8 Å². The number of anilines is 2. The maximum atomic E-state index is 12.2. The first-order valence-electron chi connectivity index (χ1n) is 7.26. The van der Waals surface area contributed by atoms with E-state index in [2.05, 4.69) is 5.32 Å². The van der Waals surface area contributed by atoms with Crippen molar-refractivity contribution in [1.82, 2.24) is 0 Å². The highest BCUT2D eigenvalue weighted by atomic mass is 35.5. The van der Waals surface area contributed by atoms with Crippen molar-refractivity contribution in [3.63, 3.8) is 0 Å². The standard InChI is InChI=1S/C18H19ClN2O2/c1-12-4-7-15(19)11-17(12)20-18(23)10-14-5-8-16(9-6-14)21(3)13(2)22/h4-9,11H,10H2,1-3H3,(H,20,23). The number of nitrogens with zero attached hydrogens (tertiary/aromatic N) is 1. The quantitative estimate of drug-likeness (QED) is 0.926. The Morgan fingerprint density at radius 3 is 2.39 bits per heavy atom. The molecule has 1 N–H and O–H groups in total. The lowest BCUT2D eigenvalue weighted by molar-refractivity contribution is -0.116. The van der Waals surface area contributed by atoms with E-state index < -0.39 is 0 Å². The third kappa shape index (κ3) is 4.57. The van der Waals surface area contributed by atoms with Crippen LogP contribution in [-0.2, 0) is 16.0 Å². The number of benzene rings is 2. The van der Waals surface area contributed by atoms with Crippen LogP contribution in [0.2, 0.25) is 5.02 Å². The van der Waals surface area contributed by atoms with Crippen molar-refractivity contribution in [2.24, 2.45) is 0 Å². The van der Waals surface area contributed by atoms with Crippen molar-refractivity contribution in [2.45, 2.75) is 20.3 Å². The summed E-state index contributed by atoms with van der Waals surface area (Å²) in [7, 11) is 1.71. The van der Waals surface area contributed by atoms with E-state index in [1.807, 2.05) is 37.3 Å². The molecule has 0 fully saturated rings. The Labute approximate surface area is 141 Å². The first-order valence-corrected chi connectivity index (χ1v) is 7.64. The molecule has 120 valence electrons. The van der Waals surface area contributed by atoms with E-state index in [0.717, 1.165) is 22.5 Å². The molecule has 23 heavy (non-hydrogen) atoms. The molecule has 2 aromatic rings. The van der Waals surface area contributed by atoms with Gasteiger partial charge in [-0.3, -0.25) is 9.59 Å². The zero-order chi connectivity index (χ0) is 17.0. The van der Waals surface area contributed by atoms with Crippen LogP contribution in [0.4, 0.5) is 11.4 Å². The summed E-state index contributed by atoms with van der Waals surface area (Å²) in [5.41, 5.74) is 3.35. The molecule has 0 aromatic heterocycles. The molecule has 2 rings (SSSR count). The fourth-order valence-corrected chi connectivity index (χ4v) is 2.30. The molecule has 0 saturated heterocycles. The molecule has 0 radical (unpaired) electrons. The molecule has 0 spiro atoms. The summed E-state index contributed by atoms with van der Waals surface area (Å²) in [4.78, 5) is 25.0. The van der Waals surface area contributed by atoms with Crippen LogP contribution in [0, 0.1) is 6.92 Å². The van der Waals surface area contributed by atoms with E-state index in [0.29, 0.717) is 5.02 Å². The van der Waals surface area contributed by atoms with Gasteiger partial charge in [0.1, 0.15) is 0 Å². The summed E-state index contributed by atoms with van der Waals surface area (Å²) in [6.45, 7) is 3.42. The van der Waals surface area contributed by atoms with Gasteiger partial charge in [-0.25, -0.2) is 0 Å². The van der Waals surface area contributed by atoms with Crippen LogP contribution < -0.4 is 10.2 Å². The van der Waals surface area contributed by atoms with Gasteiger partial charge in [-0.1, -0.05) is 29.8 Å². The number of halogens is 1. The highest BCUT2D eigenvalue weighted by molar-refractivity contribution is 6.31. The van der Waals surface area contributed by atoms with Crippen LogP contribution in [0.5, 0.6) is 0 Å². The Morgan fingerprint density at radius 2 is 1.78 bits per heavy atom. The predicted octanol–water partition coefficient (Wildman–Crippen LogP) is 3.81. The molecule has 0 heterocycles. The predicted molar refractivity (Wildman–Crippen MR) is 94.0 cm³/mol. The SMILES string of the molecule is CC(=O)N(C)c1ccc(CC(=O)Nc2cc(Cl)ccc2C)cc1. The van der Waals surface area contributed by atoms with Gasteiger partial charge in [0, 0.05) is 30.4 Å². The maximum absolute atomic E-state index is 12.2. The monoisotopic (exact) mass is 330 g/mol. The Kier molecular flexibility index (Phi) is 5.40. The van der Waals surface area contributed by atoms with Gasteiger partial charge in [0.25, 0.3) is 0 Å². The topological polar surface area (TPSA) is 49.4 Å². The summed E-state index contributed by atoms with van der Waals surface area (Å²) < 4.78 is 0. The van der Waals surface area contributed by atoms with Gasteiger partial charge in [0.05, 0.1) is 6.42 Å². The number of hydrogen-bond acceptors (Lipinski definition) is 2. The minimum absolute atomic E-state index is 0.0353. The lowest BCUT2D eigenvalue weighted by Gasteiger charge is -2.15. The van der Waals surface area contributed by atoms with Crippen LogP contribution in [-0.4, -0.2) is 18.9 Å². The molecule has 4 nitrogen and oxygen atoms in total. The number of carbonyl (C=O) groups excluding carboxylic acids is 2. The van der Waals surface area contributed by atoms with Crippen LogP contribution >= 0.6 is 11.6 Å². The van der Waals surface area contributed by atoms with Crippen molar-refractivity contribution in [3.05, 3.63) is 58.6 Å². The van der Waals surface area contributed by atoms with Gasteiger partial charge in [-0.15, -0.1) is 0 Å². The normalized spacial score (nSPS) is 10.3. The molecule has 0 unspecified atom stereocenters. The van der Waals surface area contributed by atoms with Gasteiger partial charge < -0.3 is 10.2 Å². The molecule has 2 amide bonds. The minimum Gasteiger partial charge on any atom is -0.326 e. The van der Waals surface area contributed by atoms with Crippen LogP contribution in [0.1, 0.15) is 18.1 Å². The highest BCUT2D eigenvalue weighted by Crippen LogP contribution is 2.20. The highest BCUT2D eigenvalue weighted by Gasteiger charge is 2.09. The summed E-state index contributed by atoms with van der Waals surface area (Å²) in [5.74, 6) is -0.144. The number of hydrogen-bond donors (Lipinski definition) is 1. The summed E-state index contributed by atoms with van der Waals surface area (Å²) in [6.07, 6.45) is 0.260. The molecular formula is C18H19ClN2O2. The van der Waals surface area contributed by atoms with Gasteiger partial charge in [0.15, 0.2) is 0 Å². The lowest BCUT2D eigenvalue weighted by Crippen LogP contribution is -2.22. The van der Waals surface area contributed by atoms with Crippen molar-refractivity contribution in [2.75, 3.05) is 17.3 Å². The fourth-order valence-electron chi connectivity index (χ4n) is 2.13. The van der Waals surface area contributed by atoms with Crippen LogP contribution in [0.3, 0.4) is 0 Å². The molecule has 0 atom stereocenters. The summed E-state index contributed by atoms with van der Waals surface area (Å²) >= 11 is 5.95. The van der Waals surface area contributed by atoms with Crippen molar-refractivity contribution >= 4 is 34.8 Å². The fraction of sp³-hybridized carbons (Fsp3) is 0.222. The number of rotatable bonds is 4. The largest absolute Gasteiger partial charge is 0.326 e. The average molecular weight is 331 g/mol. The van der Waals surface area contributed by atoms with Gasteiger partial charge in [-0.2, -0.15) is 0 Å². The third-order valence-corrected chi connectivity index (χ3v) is 3.87. The smallest absolute Gasteiger partial charge is 0.228 e. The molecular weight excluding hydrogens is 312 g/mol. The third-order valence-electron chi connectivity index (χ3n) is 3.63. The van der Waals surface area contributed by atoms with Crippen molar-refractivity contribution in [1.29, 1.82) is 0 Å². The van der Waals surface area contributed by atoms with E-state index >= 15 is 0 Å². The van der Waals surface area contributed by atoms with Gasteiger partial charge in [-0.05, 0) is 42.3 Å². The number of amides is 2. The van der Waals surface area contributed by atoms with Crippen LogP contribution in [0.15, 0.2) is 42.5 Å². The summed E-state index contributed by atoms with van der Waals surface area (Å²) in [6, 6.07) is 12.7. The van der Waals surface area contributed by atoms with Gasteiger partial charge >= 0.3 is 0 Å². The van der Waals surface area contributed by atoms with E-state index in [9.17, 15) is 9.59 Å². The van der Waals surface area contributed by atoms with E-state index in [4.69, 9.17) is 11.6 Å². The Morgan fingerprint density at radius 1 is 1.13 bits per heavy atom. The molecule has 2 aromatic carbocycles. The maximum Gasteiger partial charge on any atom is 0.228 e. The van der Waals surface area contributed by atoms with E-state index in [-0.39, 0.29) is 18.2 Å². The second-order valence-electron chi connectivity index (χ2n) is 5.43. The second-order valence-corrected chi connectivity index (χ2v) is 5.87. The van der Waals surface area contributed by atoms with E-state index in [1.54, 1.807) is 24.1 Å². The Hall–Kier alpha value is -2.33. The second kappa shape index (κ2) is 7.29. The first-order chi connectivity index (χ1) is 10.9. The molecule has 0 saturated carbocycles. The molecule has 0 aliphatic carbocycles. The number of aryl methyl sites for hydroxylation is 1. The number of nitrogens with one attached hydrogen (secondary N) is 1. The number of carbonyl (C=O) groups is 2. The molecule has 5 heteroatoms. The molecule has 0 bridgehead atoms. The van der Waals surface area contributed by atoms with Crippen molar-refractivity contribution < 1.29 is 9.59 Å². The first kappa shape index (κ1) is 17.0. The summed E-state index contributed by atoms with van der Waals surface area (Å²) in [5, 5.41) is 3.45. The Balaban J connectivity index is 2.03. The lowest BCUT2D eigenvalue weighted by atomic mass is 10.1. The zero-order valence-electron chi connectivity index (χ0n) is 13.4. The average Bonchev–Trinajstić information content (AvgIpc) is 2.51. The molecule has 0 aliphatic heterocycles. The Bertz CT molecular complexity index is 726. The van der Waals surface area contributed by atoms with Crippen molar-refractivity contribution in [3.8, 4) is 0 Å². The minimum atomic E-state index is -0.108.